The van der Waals surface area contributed by atoms with Crippen molar-refractivity contribution in [3.63, 3.8) is 0 Å². The minimum atomic E-state index is -0.163. The number of nitriles is 1. The average molecular weight is 453 g/mol. The first-order valence-corrected chi connectivity index (χ1v) is 11.3. The highest BCUT2D eigenvalue weighted by Crippen LogP contribution is 2.30. The summed E-state index contributed by atoms with van der Waals surface area (Å²) in [5.74, 6) is 1.35. The highest BCUT2D eigenvalue weighted by Gasteiger charge is 2.16. The highest BCUT2D eigenvalue weighted by atomic mass is 16.5. The number of nitrogens with zero attached hydrogens (tertiary/aromatic N) is 4. The molecule has 0 amide bonds. The van der Waals surface area contributed by atoms with Crippen LogP contribution in [0.1, 0.15) is 36.2 Å². The van der Waals surface area contributed by atoms with E-state index in [0.717, 1.165) is 22.0 Å². The first-order chi connectivity index (χ1) is 16.4. The molecule has 34 heavy (non-hydrogen) atoms. The van der Waals surface area contributed by atoms with Crippen molar-refractivity contribution in [1.82, 2.24) is 14.5 Å². The fourth-order valence-corrected chi connectivity index (χ4v) is 3.96. The van der Waals surface area contributed by atoms with Gasteiger partial charge in [-0.2, -0.15) is 5.26 Å². The van der Waals surface area contributed by atoms with Gasteiger partial charge in [0.1, 0.15) is 23.4 Å². The zero-order chi connectivity index (χ0) is 24.2. The van der Waals surface area contributed by atoms with Crippen LogP contribution in [0.5, 0.6) is 11.5 Å². The van der Waals surface area contributed by atoms with Crippen molar-refractivity contribution in [2.24, 2.45) is 0 Å². The molecule has 3 aromatic carbocycles. The molecule has 6 heteroatoms. The van der Waals surface area contributed by atoms with Gasteiger partial charge in [0.2, 0.25) is 0 Å². The maximum Gasteiger partial charge on any atom is 0.146 e. The van der Waals surface area contributed by atoms with Crippen LogP contribution in [0.3, 0.4) is 0 Å². The summed E-state index contributed by atoms with van der Waals surface area (Å²) in [5, 5.41) is 11.9. The monoisotopic (exact) mass is 452 g/mol. The van der Waals surface area contributed by atoms with Crippen molar-refractivity contribution >= 4 is 16.6 Å². The maximum atomic E-state index is 11.7. The summed E-state index contributed by atoms with van der Waals surface area (Å²) in [7, 11) is 1.93. The molecular formula is C28H28N4O2. The normalized spacial score (nSPS) is 12.0. The van der Waals surface area contributed by atoms with E-state index < -0.39 is 0 Å². The number of carbonyl (C=O) groups is 1. The number of Topliss-reactive ketones (excluding diaryl/α,β-unsaturated/α-hetero) is 1. The molecule has 6 nitrogen and oxygen atoms in total. The Morgan fingerprint density at radius 1 is 1.21 bits per heavy atom. The Kier molecular flexibility index (Phi) is 6.76. The van der Waals surface area contributed by atoms with Crippen molar-refractivity contribution < 1.29 is 9.53 Å². The van der Waals surface area contributed by atoms with E-state index in [4.69, 9.17) is 4.74 Å². The zero-order valence-electron chi connectivity index (χ0n) is 19.9. The Balaban J connectivity index is 1.57. The van der Waals surface area contributed by atoms with Crippen molar-refractivity contribution in [1.29, 1.82) is 5.26 Å². The Hall–Kier alpha value is -3.95. The molecule has 1 unspecified atom stereocenters. The molecule has 0 spiro atoms. The van der Waals surface area contributed by atoms with E-state index in [0.29, 0.717) is 30.2 Å². The van der Waals surface area contributed by atoms with Crippen LogP contribution < -0.4 is 4.74 Å². The lowest BCUT2D eigenvalue weighted by molar-refractivity contribution is -0.121. The lowest BCUT2D eigenvalue weighted by atomic mass is 10.1. The maximum absolute atomic E-state index is 11.7. The SMILES string of the molecule is CC(=O)C(C)N(C)Cc1cncn1Cc1ccc(C#N)c(Oc2ccc3cccc(C)c3c2)c1. The van der Waals surface area contributed by atoms with Gasteiger partial charge in [0.15, 0.2) is 0 Å². The smallest absolute Gasteiger partial charge is 0.146 e. The first kappa shape index (κ1) is 23.2. The molecular weight excluding hydrogens is 424 g/mol. The Bertz CT molecular complexity index is 1380. The van der Waals surface area contributed by atoms with Gasteiger partial charge < -0.3 is 9.30 Å². The lowest BCUT2D eigenvalue weighted by Gasteiger charge is -2.22. The average Bonchev–Trinajstić information content (AvgIpc) is 3.25. The third-order valence-electron chi connectivity index (χ3n) is 6.28. The number of carbonyl (C=O) groups excluding carboxylic acids is 1. The number of ether oxygens (including phenoxy) is 1. The molecule has 0 bridgehead atoms. The summed E-state index contributed by atoms with van der Waals surface area (Å²) >= 11 is 0. The molecule has 172 valence electrons. The van der Waals surface area contributed by atoms with Crippen molar-refractivity contribution in [2.45, 2.75) is 39.9 Å². The fraction of sp³-hybridized carbons (Fsp3) is 0.250. The third kappa shape index (κ3) is 5.00. The molecule has 1 atom stereocenters. The van der Waals surface area contributed by atoms with Crippen LogP contribution in [0, 0.1) is 18.3 Å². The summed E-state index contributed by atoms with van der Waals surface area (Å²) in [4.78, 5) is 18.0. The lowest BCUT2D eigenvalue weighted by Crippen LogP contribution is -2.34. The number of aromatic nitrogens is 2. The van der Waals surface area contributed by atoms with Crippen LogP contribution in [-0.2, 0) is 17.9 Å². The fourth-order valence-electron chi connectivity index (χ4n) is 3.96. The molecule has 0 aliphatic rings. The highest BCUT2D eigenvalue weighted by molar-refractivity contribution is 5.86. The molecule has 0 fully saturated rings. The first-order valence-electron chi connectivity index (χ1n) is 11.3. The molecule has 1 heterocycles. The van der Waals surface area contributed by atoms with Gasteiger partial charge in [-0.1, -0.05) is 30.3 Å². The van der Waals surface area contributed by atoms with Crippen molar-refractivity contribution in [2.75, 3.05) is 7.05 Å². The van der Waals surface area contributed by atoms with Crippen molar-refractivity contribution in [3.8, 4) is 17.6 Å². The minimum absolute atomic E-state index is 0.131. The van der Waals surface area contributed by atoms with Crippen LogP contribution >= 0.6 is 0 Å². The molecule has 0 radical (unpaired) electrons. The van der Waals surface area contributed by atoms with Gasteiger partial charge in [0, 0.05) is 19.3 Å². The van der Waals surface area contributed by atoms with E-state index in [1.54, 1.807) is 19.3 Å². The van der Waals surface area contributed by atoms with E-state index >= 15 is 0 Å². The molecule has 4 aromatic rings. The van der Waals surface area contributed by atoms with E-state index in [1.165, 1.54) is 5.56 Å². The Morgan fingerprint density at radius 2 is 2.03 bits per heavy atom. The minimum Gasteiger partial charge on any atom is -0.456 e. The van der Waals surface area contributed by atoms with E-state index in [9.17, 15) is 10.1 Å². The molecule has 0 saturated heterocycles. The van der Waals surface area contributed by atoms with Gasteiger partial charge in [-0.3, -0.25) is 9.69 Å². The van der Waals surface area contributed by atoms with Crippen LogP contribution in [0.25, 0.3) is 10.8 Å². The molecule has 0 aliphatic heterocycles. The second kappa shape index (κ2) is 9.90. The Morgan fingerprint density at radius 3 is 2.79 bits per heavy atom. The number of ketones is 1. The Labute approximate surface area is 200 Å². The number of hydrogen-bond acceptors (Lipinski definition) is 5. The predicted molar refractivity (Wildman–Crippen MR) is 133 cm³/mol. The second-order valence-electron chi connectivity index (χ2n) is 8.72. The summed E-state index contributed by atoms with van der Waals surface area (Å²) in [6.45, 7) is 6.77. The molecule has 0 N–H and O–H groups in total. The quantitative estimate of drug-likeness (QED) is 0.355. The van der Waals surface area contributed by atoms with E-state index in [-0.39, 0.29) is 11.8 Å². The summed E-state index contributed by atoms with van der Waals surface area (Å²) in [6.07, 6.45) is 3.61. The van der Waals surface area contributed by atoms with Crippen LogP contribution in [0.15, 0.2) is 67.1 Å². The summed E-state index contributed by atoms with van der Waals surface area (Å²) < 4.78 is 8.23. The van der Waals surface area contributed by atoms with Gasteiger partial charge in [-0.15, -0.1) is 0 Å². The number of imidazole rings is 1. The molecule has 0 aliphatic carbocycles. The largest absolute Gasteiger partial charge is 0.456 e. The second-order valence-corrected chi connectivity index (χ2v) is 8.72. The standard InChI is InChI=1S/C28H28N4O2/c1-19-6-5-7-23-10-11-26(13-27(19)23)34-28-12-22(8-9-24(28)14-29)16-32-18-30-15-25(32)17-31(4)20(2)21(3)33/h5-13,15,18,20H,16-17H2,1-4H3. The number of rotatable bonds is 8. The molecule has 0 saturated carbocycles. The van der Waals surface area contributed by atoms with Crippen LogP contribution in [-0.4, -0.2) is 33.3 Å². The number of aryl methyl sites for hydroxylation is 1. The van der Waals surface area contributed by atoms with Gasteiger partial charge in [0.25, 0.3) is 0 Å². The van der Waals surface area contributed by atoms with E-state index in [2.05, 4.69) is 30.1 Å². The van der Waals surface area contributed by atoms with Gasteiger partial charge >= 0.3 is 0 Å². The topological polar surface area (TPSA) is 71.2 Å². The van der Waals surface area contributed by atoms with Gasteiger partial charge in [-0.25, -0.2) is 4.98 Å². The summed E-state index contributed by atoms with van der Waals surface area (Å²) in [5.41, 5.74) is 3.66. The van der Waals surface area contributed by atoms with Crippen LogP contribution in [0.4, 0.5) is 0 Å². The predicted octanol–water partition coefficient (Wildman–Crippen LogP) is 5.47. The number of likely N-dealkylation sites (N-methyl/N-ethyl adjacent to an activating group) is 1. The van der Waals surface area contributed by atoms with E-state index in [1.807, 2.05) is 66.0 Å². The summed E-state index contributed by atoms with van der Waals surface area (Å²) in [6, 6.07) is 19.9. The zero-order valence-corrected chi connectivity index (χ0v) is 19.9. The number of benzene rings is 3. The number of fused-ring (bicyclic) bond motifs is 1. The molecule has 1 aromatic heterocycles. The third-order valence-corrected chi connectivity index (χ3v) is 6.28. The molecule has 4 rings (SSSR count). The van der Waals surface area contributed by atoms with Crippen molar-refractivity contribution in [3.05, 3.63) is 89.5 Å². The van der Waals surface area contributed by atoms with Crippen LogP contribution in [0.2, 0.25) is 0 Å². The van der Waals surface area contributed by atoms with Gasteiger partial charge in [-0.05, 0) is 74.0 Å². The number of hydrogen-bond donors (Lipinski definition) is 0. The van der Waals surface area contributed by atoms with Gasteiger partial charge in [0.05, 0.1) is 23.6 Å².